The zero-order chi connectivity index (χ0) is 27.6. The molecule has 5 rings (SSSR count). The second-order valence-corrected chi connectivity index (χ2v) is 11.1. The molecule has 0 aliphatic carbocycles. The van der Waals surface area contributed by atoms with E-state index in [9.17, 15) is 14.3 Å². The summed E-state index contributed by atoms with van der Waals surface area (Å²) in [6, 6.07) is 16.6. The fraction of sp³-hybridized carbons (Fsp3) is 0.406. The smallest absolute Gasteiger partial charge is 0.256 e. The molecule has 1 fully saturated rings. The maximum atomic E-state index is 14.9. The van der Waals surface area contributed by atoms with Crippen LogP contribution in [0.2, 0.25) is 5.02 Å². The predicted molar refractivity (Wildman–Crippen MR) is 153 cm³/mol. The Hall–Kier alpha value is -2.93. The molecule has 39 heavy (non-hydrogen) atoms. The van der Waals surface area contributed by atoms with Crippen molar-refractivity contribution in [1.29, 1.82) is 0 Å². The molecule has 2 N–H and O–H groups in total. The molecule has 0 radical (unpaired) electrons. The molecule has 2 atom stereocenters. The molecule has 0 aromatic heterocycles. The third kappa shape index (κ3) is 5.43. The number of aliphatic hydroxyl groups is 1. The van der Waals surface area contributed by atoms with Crippen molar-refractivity contribution in [2.45, 2.75) is 51.2 Å². The quantitative estimate of drug-likeness (QED) is 0.343. The second kappa shape index (κ2) is 11.7. The Kier molecular flexibility index (Phi) is 8.27. The highest BCUT2D eigenvalue weighted by atomic mass is 35.5. The van der Waals surface area contributed by atoms with E-state index in [1.165, 1.54) is 11.6 Å². The highest BCUT2D eigenvalue weighted by Gasteiger charge is 2.43. The maximum Gasteiger partial charge on any atom is 0.256 e. The van der Waals surface area contributed by atoms with Crippen LogP contribution in [0.4, 0.5) is 4.39 Å². The lowest BCUT2D eigenvalue weighted by molar-refractivity contribution is -0.0556. The lowest BCUT2D eigenvalue weighted by Gasteiger charge is -2.43. The van der Waals surface area contributed by atoms with Crippen LogP contribution in [0.3, 0.4) is 0 Å². The van der Waals surface area contributed by atoms with Crippen molar-refractivity contribution in [2.75, 3.05) is 26.7 Å². The summed E-state index contributed by atoms with van der Waals surface area (Å²) in [6.45, 7) is 4.11. The van der Waals surface area contributed by atoms with Crippen molar-refractivity contribution < 1.29 is 19.0 Å². The van der Waals surface area contributed by atoms with Crippen molar-refractivity contribution in [3.63, 3.8) is 0 Å². The molecule has 0 bridgehead atoms. The number of amides is 1. The highest BCUT2D eigenvalue weighted by Crippen LogP contribution is 2.46. The van der Waals surface area contributed by atoms with Crippen molar-refractivity contribution in [3.8, 4) is 16.9 Å². The largest absolute Gasteiger partial charge is 0.493 e. The number of rotatable bonds is 8. The number of hydrogen-bond donors (Lipinski definition) is 2. The van der Waals surface area contributed by atoms with E-state index < -0.39 is 11.4 Å². The molecule has 1 saturated heterocycles. The van der Waals surface area contributed by atoms with E-state index in [1.807, 2.05) is 37.3 Å². The Bertz CT molecular complexity index is 1360. The molecule has 2 aliphatic heterocycles. The van der Waals surface area contributed by atoms with Gasteiger partial charge in [-0.1, -0.05) is 55.3 Å². The van der Waals surface area contributed by atoms with E-state index in [1.54, 1.807) is 24.1 Å². The first-order chi connectivity index (χ1) is 18.9. The first kappa shape index (κ1) is 27.6. The summed E-state index contributed by atoms with van der Waals surface area (Å²) in [4.78, 5) is 15.2. The molecule has 2 heterocycles. The Morgan fingerprint density at radius 2 is 2.08 bits per heavy atom. The van der Waals surface area contributed by atoms with Crippen molar-refractivity contribution >= 4 is 17.5 Å². The summed E-state index contributed by atoms with van der Waals surface area (Å²) in [5.41, 5.74) is 3.26. The number of piperidine rings is 1. The number of likely N-dealkylation sites (tertiary alicyclic amines) is 1. The van der Waals surface area contributed by atoms with Crippen LogP contribution in [0.1, 0.15) is 59.7 Å². The molecule has 3 aromatic carbocycles. The standard InChI is InChI=1S/C32H36ClFN2O3/c1-3-14-32(38,26-7-4-8-27(33)30(26)23-11-10-22-13-16-39-29(22)18-23)24-6-5-15-36(20-24)31(37)25-12-9-21(19-35-2)17-28(25)34/h4,7-12,17-18,24,35,38H,3,5-6,13-16,19-20H2,1-2H3. The highest BCUT2D eigenvalue weighted by molar-refractivity contribution is 6.33. The van der Waals surface area contributed by atoms with Crippen LogP contribution in [-0.2, 0) is 18.6 Å². The van der Waals surface area contributed by atoms with Crippen LogP contribution in [0.15, 0.2) is 54.6 Å². The molecule has 5 nitrogen and oxygen atoms in total. The lowest BCUT2D eigenvalue weighted by atomic mass is 9.72. The number of benzene rings is 3. The molecule has 7 heteroatoms. The number of ether oxygens (including phenoxy) is 1. The zero-order valence-electron chi connectivity index (χ0n) is 22.6. The zero-order valence-corrected chi connectivity index (χ0v) is 23.4. The predicted octanol–water partition coefficient (Wildman–Crippen LogP) is 6.34. The van der Waals surface area contributed by atoms with E-state index in [4.69, 9.17) is 16.3 Å². The Morgan fingerprint density at radius 1 is 1.23 bits per heavy atom. The Balaban J connectivity index is 1.48. The summed E-state index contributed by atoms with van der Waals surface area (Å²) < 4.78 is 20.7. The second-order valence-electron chi connectivity index (χ2n) is 10.7. The average molecular weight is 551 g/mol. The summed E-state index contributed by atoms with van der Waals surface area (Å²) in [5.74, 6) is -0.233. The fourth-order valence-corrected chi connectivity index (χ4v) is 6.49. The summed E-state index contributed by atoms with van der Waals surface area (Å²) in [5, 5.41) is 16.0. The number of halogens is 2. The average Bonchev–Trinajstić information content (AvgIpc) is 3.41. The number of carbonyl (C=O) groups excluding carboxylic acids is 1. The van der Waals surface area contributed by atoms with Gasteiger partial charge in [0, 0.05) is 42.6 Å². The van der Waals surface area contributed by atoms with Gasteiger partial charge in [0.2, 0.25) is 0 Å². The third-order valence-corrected chi connectivity index (χ3v) is 8.44. The van der Waals surface area contributed by atoms with Crippen molar-refractivity contribution in [3.05, 3.63) is 87.7 Å². The number of hydrogen-bond acceptors (Lipinski definition) is 4. The van der Waals surface area contributed by atoms with Crippen molar-refractivity contribution in [2.24, 2.45) is 5.92 Å². The Morgan fingerprint density at radius 3 is 2.85 bits per heavy atom. The first-order valence-corrected chi connectivity index (χ1v) is 14.2. The van der Waals surface area contributed by atoms with E-state index in [-0.39, 0.29) is 17.4 Å². The molecule has 0 saturated carbocycles. The monoisotopic (exact) mass is 550 g/mol. The van der Waals surface area contributed by atoms with Gasteiger partial charge in [0.1, 0.15) is 11.6 Å². The normalized spacial score (nSPS) is 18.4. The topological polar surface area (TPSA) is 61.8 Å². The van der Waals surface area contributed by atoms with Gasteiger partial charge in [0.15, 0.2) is 0 Å². The van der Waals surface area contributed by atoms with Gasteiger partial charge in [-0.2, -0.15) is 0 Å². The van der Waals surface area contributed by atoms with Gasteiger partial charge >= 0.3 is 0 Å². The SMILES string of the molecule is CCCC(O)(c1cccc(Cl)c1-c1ccc2c(c1)OCC2)C1CCCN(C(=O)c2ccc(CNC)cc2F)C1. The van der Waals surface area contributed by atoms with Gasteiger partial charge in [0.05, 0.1) is 17.8 Å². The minimum absolute atomic E-state index is 0.0659. The van der Waals surface area contributed by atoms with Crippen LogP contribution >= 0.6 is 11.6 Å². The van der Waals surface area contributed by atoms with Crippen LogP contribution in [0, 0.1) is 11.7 Å². The first-order valence-electron chi connectivity index (χ1n) is 13.9. The number of nitrogens with zero attached hydrogens (tertiary/aromatic N) is 1. The van der Waals surface area contributed by atoms with Crippen LogP contribution in [0.5, 0.6) is 5.75 Å². The summed E-state index contributed by atoms with van der Waals surface area (Å²) in [6.07, 6.45) is 3.63. The molecular formula is C32H36ClFN2O3. The maximum absolute atomic E-state index is 14.9. The molecule has 0 spiro atoms. The molecule has 2 aliphatic rings. The number of fused-ring (bicyclic) bond motifs is 1. The molecule has 2 unspecified atom stereocenters. The van der Waals surface area contributed by atoms with E-state index >= 15 is 0 Å². The fourth-order valence-electron chi connectivity index (χ4n) is 6.21. The van der Waals surface area contributed by atoms with Gasteiger partial charge < -0.3 is 20.1 Å². The number of nitrogens with one attached hydrogen (secondary N) is 1. The minimum atomic E-state index is -1.22. The summed E-state index contributed by atoms with van der Waals surface area (Å²) >= 11 is 6.81. The van der Waals surface area contributed by atoms with Crippen LogP contribution in [-0.4, -0.2) is 42.7 Å². The molecule has 3 aromatic rings. The summed E-state index contributed by atoms with van der Waals surface area (Å²) in [7, 11) is 1.80. The van der Waals surface area contributed by atoms with Gasteiger partial charge in [-0.3, -0.25) is 4.79 Å². The van der Waals surface area contributed by atoms with E-state index in [0.29, 0.717) is 37.7 Å². The van der Waals surface area contributed by atoms with E-state index in [2.05, 4.69) is 11.4 Å². The van der Waals surface area contributed by atoms with Gasteiger partial charge in [-0.15, -0.1) is 0 Å². The van der Waals surface area contributed by atoms with Gasteiger partial charge in [-0.05, 0) is 72.8 Å². The van der Waals surface area contributed by atoms with Crippen molar-refractivity contribution in [1.82, 2.24) is 10.2 Å². The lowest BCUT2D eigenvalue weighted by Crippen LogP contribution is -2.48. The Labute approximate surface area is 234 Å². The minimum Gasteiger partial charge on any atom is -0.493 e. The third-order valence-electron chi connectivity index (χ3n) is 8.12. The number of carbonyl (C=O) groups is 1. The van der Waals surface area contributed by atoms with Crippen LogP contribution < -0.4 is 10.1 Å². The van der Waals surface area contributed by atoms with Gasteiger partial charge in [0.25, 0.3) is 5.91 Å². The van der Waals surface area contributed by atoms with Gasteiger partial charge in [-0.25, -0.2) is 4.39 Å². The molecule has 1 amide bonds. The van der Waals surface area contributed by atoms with Crippen LogP contribution in [0.25, 0.3) is 11.1 Å². The van der Waals surface area contributed by atoms with E-state index in [0.717, 1.165) is 53.7 Å². The molecular weight excluding hydrogens is 515 g/mol. The molecule has 206 valence electrons.